The van der Waals surface area contributed by atoms with Crippen LogP contribution in [0.5, 0.6) is 11.5 Å². The molecule has 160 valence electrons. The summed E-state index contributed by atoms with van der Waals surface area (Å²) >= 11 is 0. The van der Waals surface area contributed by atoms with Crippen molar-refractivity contribution in [3.05, 3.63) is 72.8 Å². The van der Waals surface area contributed by atoms with E-state index in [-0.39, 0.29) is 23.7 Å². The minimum atomic E-state index is -3.53. The standard InChI is InChI=1S/C18H17O4P.C6H7NO/c1-12(19)11-18(13(2)20)23(21)17-10-6-4-8-15(17)14-7-3-5-9-16(14)22-23;7-5-1-3-6(8)4-2-5/h3-10,18H,11H2,1-2H3;1-4,8H,7H2. The molecule has 0 spiro atoms. The topological polar surface area (TPSA) is 107 Å². The molecule has 0 aromatic heterocycles. The van der Waals surface area contributed by atoms with Crippen LogP contribution in [0.2, 0.25) is 0 Å². The monoisotopic (exact) mass is 437 g/mol. The van der Waals surface area contributed by atoms with Crippen LogP contribution in [0.15, 0.2) is 72.8 Å². The van der Waals surface area contributed by atoms with Gasteiger partial charge >= 0.3 is 0 Å². The third kappa shape index (κ3) is 4.86. The molecule has 0 bridgehead atoms. The SMILES string of the molecule is CC(=O)CC(C(C)=O)P1(=O)Oc2ccccc2-c2ccccc21.Nc1ccc(O)cc1. The number of aromatic hydroxyl groups is 1. The van der Waals surface area contributed by atoms with Crippen LogP contribution in [0.3, 0.4) is 0 Å². The Morgan fingerprint density at radius 3 is 2.10 bits per heavy atom. The minimum Gasteiger partial charge on any atom is -0.508 e. The molecule has 0 aliphatic carbocycles. The number of nitrogen functional groups attached to an aromatic ring is 1. The van der Waals surface area contributed by atoms with Crippen molar-refractivity contribution < 1.29 is 23.8 Å². The Kier molecular flexibility index (Phi) is 6.62. The quantitative estimate of drug-likeness (QED) is 0.352. The largest absolute Gasteiger partial charge is 0.508 e. The van der Waals surface area contributed by atoms with E-state index in [0.717, 1.165) is 11.1 Å². The van der Waals surface area contributed by atoms with E-state index in [4.69, 9.17) is 15.4 Å². The number of ketones is 2. The van der Waals surface area contributed by atoms with Crippen LogP contribution in [0.4, 0.5) is 5.69 Å². The molecule has 0 fully saturated rings. The molecule has 7 heteroatoms. The summed E-state index contributed by atoms with van der Waals surface area (Å²) < 4.78 is 19.6. The van der Waals surface area contributed by atoms with Crippen molar-refractivity contribution in [3.63, 3.8) is 0 Å². The van der Waals surface area contributed by atoms with Crippen LogP contribution in [0.25, 0.3) is 11.1 Å². The second kappa shape index (κ2) is 9.19. The van der Waals surface area contributed by atoms with Crippen LogP contribution >= 0.6 is 7.37 Å². The summed E-state index contributed by atoms with van der Waals surface area (Å²) in [5, 5.41) is 9.22. The highest BCUT2D eigenvalue weighted by Crippen LogP contribution is 2.58. The maximum absolute atomic E-state index is 13.7. The number of carbonyl (C=O) groups excluding carboxylic acids is 2. The fourth-order valence-electron chi connectivity index (χ4n) is 3.42. The van der Waals surface area contributed by atoms with E-state index in [9.17, 15) is 14.2 Å². The van der Waals surface area contributed by atoms with Crippen LogP contribution in [0, 0.1) is 0 Å². The summed E-state index contributed by atoms with van der Waals surface area (Å²) in [6.45, 7) is 2.76. The molecule has 0 saturated heterocycles. The summed E-state index contributed by atoms with van der Waals surface area (Å²) in [4.78, 5) is 23.7. The number of hydrogen-bond acceptors (Lipinski definition) is 6. The smallest absolute Gasteiger partial charge is 0.288 e. The Labute approximate surface area is 181 Å². The van der Waals surface area contributed by atoms with Crippen molar-refractivity contribution in [2.45, 2.75) is 25.9 Å². The van der Waals surface area contributed by atoms with Gasteiger partial charge in [0, 0.05) is 17.7 Å². The second-order valence-corrected chi connectivity index (χ2v) is 9.81. The Hall–Kier alpha value is -3.37. The molecule has 6 nitrogen and oxygen atoms in total. The Bertz CT molecular complexity index is 1140. The zero-order valence-corrected chi connectivity index (χ0v) is 18.2. The van der Waals surface area contributed by atoms with E-state index in [1.165, 1.54) is 13.8 Å². The molecule has 3 aromatic carbocycles. The number of anilines is 1. The molecule has 0 radical (unpaired) electrons. The molecule has 3 N–H and O–H groups in total. The van der Waals surface area contributed by atoms with E-state index in [2.05, 4.69) is 0 Å². The highest BCUT2D eigenvalue weighted by atomic mass is 31.2. The van der Waals surface area contributed by atoms with Crippen LogP contribution in [0.1, 0.15) is 20.3 Å². The number of fused-ring (bicyclic) bond motifs is 3. The molecule has 2 unspecified atom stereocenters. The third-order valence-electron chi connectivity index (χ3n) is 4.90. The first kappa shape index (κ1) is 22.3. The molecule has 3 aromatic rings. The van der Waals surface area contributed by atoms with Gasteiger partial charge in [-0.1, -0.05) is 36.4 Å². The Morgan fingerprint density at radius 2 is 1.52 bits per heavy atom. The van der Waals surface area contributed by atoms with Gasteiger partial charge in [-0.25, -0.2) is 0 Å². The van der Waals surface area contributed by atoms with Gasteiger partial charge in [0.2, 0.25) is 0 Å². The molecule has 0 saturated carbocycles. The zero-order valence-electron chi connectivity index (χ0n) is 17.3. The summed E-state index contributed by atoms with van der Waals surface area (Å²) in [5.41, 5.74) is 6.68. The lowest BCUT2D eigenvalue weighted by molar-refractivity contribution is -0.121. The number of nitrogens with two attached hydrogens (primary N) is 1. The van der Waals surface area contributed by atoms with Gasteiger partial charge in [-0.15, -0.1) is 0 Å². The van der Waals surface area contributed by atoms with Crippen molar-refractivity contribution in [3.8, 4) is 22.6 Å². The molecule has 2 atom stereocenters. The predicted molar refractivity (Wildman–Crippen MR) is 122 cm³/mol. The zero-order chi connectivity index (χ0) is 22.6. The van der Waals surface area contributed by atoms with Crippen LogP contribution in [-0.2, 0) is 14.2 Å². The van der Waals surface area contributed by atoms with Crippen LogP contribution < -0.4 is 15.6 Å². The molecule has 31 heavy (non-hydrogen) atoms. The van der Waals surface area contributed by atoms with Crippen LogP contribution in [-0.4, -0.2) is 22.3 Å². The van der Waals surface area contributed by atoms with E-state index in [1.54, 1.807) is 48.5 Å². The first-order chi connectivity index (χ1) is 14.7. The van der Waals surface area contributed by atoms with Gasteiger partial charge in [-0.05, 0) is 55.8 Å². The third-order valence-corrected chi connectivity index (χ3v) is 7.80. The Morgan fingerprint density at radius 1 is 0.935 bits per heavy atom. The van der Waals surface area contributed by atoms with Crippen molar-refractivity contribution in [1.82, 2.24) is 0 Å². The van der Waals surface area contributed by atoms with Gasteiger partial charge in [0.25, 0.3) is 7.37 Å². The number of hydrogen-bond donors (Lipinski definition) is 2. The van der Waals surface area contributed by atoms with Gasteiger partial charge in [0.15, 0.2) is 0 Å². The lowest BCUT2D eigenvalue weighted by Gasteiger charge is -2.32. The maximum atomic E-state index is 13.7. The maximum Gasteiger partial charge on any atom is 0.288 e. The molecular formula is C24H24NO5P. The first-order valence-electron chi connectivity index (χ1n) is 9.75. The summed E-state index contributed by atoms with van der Waals surface area (Å²) in [6.07, 6.45) is -0.0802. The highest BCUT2D eigenvalue weighted by molar-refractivity contribution is 7.69. The fraction of sp³-hybridized carbons (Fsp3) is 0.167. The van der Waals surface area contributed by atoms with Gasteiger partial charge < -0.3 is 15.4 Å². The molecule has 1 aliphatic rings. The van der Waals surface area contributed by atoms with Gasteiger partial charge in [-0.3, -0.25) is 14.2 Å². The van der Waals surface area contributed by atoms with E-state index < -0.39 is 13.0 Å². The lowest BCUT2D eigenvalue weighted by atomic mass is 10.0. The van der Waals surface area contributed by atoms with Crippen molar-refractivity contribution in [2.24, 2.45) is 0 Å². The highest BCUT2D eigenvalue weighted by Gasteiger charge is 2.45. The molecule has 1 heterocycles. The van der Waals surface area contributed by atoms with E-state index in [1.807, 2.05) is 24.3 Å². The normalized spacial score (nSPS) is 17.1. The average Bonchev–Trinajstić information content (AvgIpc) is 2.74. The molecule has 0 amide bonds. The van der Waals surface area contributed by atoms with Crippen molar-refractivity contribution >= 4 is 29.9 Å². The number of rotatable bonds is 4. The predicted octanol–water partition coefficient (Wildman–Crippen LogP) is 4.56. The molecule has 4 rings (SSSR count). The number of para-hydroxylation sites is 1. The number of carbonyl (C=O) groups is 2. The first-order valence-corrected chi connectivity index (χ1v) is 11.4. The number of phenols is 1. The minimum absolute atomic E-state index is 0.0802. The molecule has 1 aliphatic heterocycles. The van der Waals surface area contributed by atoms with Crippen molar-refractivity contribution in [1.29, 1.82) is 0 Å². The van der Waals surface area contributed by atoms with E-state index in [0.29, 0.717) is 16.7 Å². The number of phenolic OH excluding ortho intramolecular Hbond substituents is 1. The van der Waals surface area contributed by atoms with Gasteiger partial charge in [-0.2, -0.15) is 0 Å². The van der Waals surface area contributed by atoms with Gasteiger partial charge in [0.05, 0.1) is 5.30 Å². The van der Waals surface area contributed by atoms with Crippen molar-refractivity contribution in [2.75, 3.05) is 5.73 Å². The van der Waals surface area contributed by atoms with E-state index >= 15 is 0 Å². The average molecular weight is 437 g/mol. The summed E-state index contributed by atoms with van der Waals surface area (Å²) in [7, 11) is -3.53. The summed E-state index contributed by atoms with van der Waals surface area (Å²) in [5.74, 6) is 0.265. The lowest BCUT2D eigenvalue weighted by Crippen LogP contribution is -2.31. The Balaban J connectivity index is 0.000000287. The summed E-state index contributed by atoms with van der Waals surface area (Å²) in [6, 6.07) is 20.9. The van der Waals surface area contributed by atoms with Gasteiger partial charge in [0.1, 0.15) is 28.7 Å². The molecular weight excluding hydrogens is 413 g/mol. The fourth-order valence-corrected chi connectivity index (χ4v) is 6.23. The second-order valence-electron chi connectivity index (χ2n) is 7.33. The number of benzene rings is 3. The number of Topliss-reactive ketones (excluding diaryl/α,β-unsaturated/α-hetero) is 2.